The lowest BCUT2D eigenvalue weighted by Crippen LogP contribution is -2.37. The van der Waals surface area contributed by atoms with Crippen molar-refractivity contribution >= 4 is 0 Å². The van der Waals surface area contributed by atoms with Gasteiger partial charge in [-0.1, -0.05) is 59.2 Å². The number of nitrogens with one attached hydrogen (secondary N) is 1. The van der Waals surface area contributed by atoms with Crippen molar-refractivity contribution in [3.8, 4) is 0 Å². The van der Waals surface area contributed by atoms with Crippen LogP contribution in [0.1, 0.15) is 34.2 Å². The Morgan fingerprint density at radius 1 is 0.905 bits per heavy atom. The Balaban J connectivity index is 1.96. The number of rotatable bonds is 6. The number of nitrogens with two attached hydrogens (primary N) is 1. The number of aryl methyl sites for hydroxylation is 4. The molecule has 1 atom stereocenters. The topological polar surface area (TPSA) is 38.0 Å². The number of hydrazine groups is 1. The van der Waals surface area contributed by atoms with Gasteiger partial charge in [0.1, 0.15) is 0 Å². The van der Waals surface area contributed by atoms with Crippen LogP contribution in [0.25, 0.3) is 0 Å². The van der Waals surface area contributed by atoms with Crippen molar-refractivity contribution in [3.05, 3.63) is 70.3 Å². The van der Waals surface area contributed by atoms with Crippen molar-refractivity contribution in [2.24, 2.45) is 5.84 Å². The summed E-state index contributed by atoms with van der Waals surface area (Å²) in [6.07, 6.45) is 3.08. The quantitative estimate of drug-likeness (QED) is 0.627. The van der Waals surface area contributed by atoms with Crippen molar-refractivity contribution in [1.29, 1.82) is 0 Å². The van der Waals surface area contributed by atoms with Crippen LogP contribution in [0.3, 0.4) is 0 Å². The summed E-state index contributed by atoms with van der Waals surface area (Å²) >= 11 is 0. The monoisotopic (exact) mass is 282 g/mol. The molecule has 2 heteroatoms. The molecule has 0 saturated carbocycles. The highest BCUT2D eigenvalue weighted by molar-refractivity contribution is 5.29. The largest absolute Gasteiger partial charge is 0.271 e. The smallest absolute Gasteiger partial charge is 0.0254 e. The summed E-state index contributed by atoms with van der Waals surface area (Å²) in [5.74, 6) is 5.74. The molecule has 2 aromatic rings. The normalized spacial score (nSPS) is 12.4. The average molecular weight is 282 g/mol. The van der Waals surface area contributed by atoms with Gasteiger partial charge in [0.15, 0.2) is 0 Å². The van der Waals surface area contributed by atoms with Gasteiger partial charge in [-0.2, -0.15) is 0 Å². The first-order valence-corrected chi connectivity index (χ1v) is 7.65. The van der Waals surface area contributed by atoms with Crippen LogP contribution < -0.4 is 11.3 Å². The van der Waals surface area contributed by atoms with Crippen molar-refractivity contribution in [3.63, 3.8) is 0 Å². The molecular weight excluding hydrogens is 256 g/mol. The predicted molar refractivity (Wildman–Crippen MR) is 90.2 cm³/mol. The van der Waals surface area contributed by atoms with Gasteiger partial charge in [-0.25, -0.2) is 0 Å². The molecule has 0 heterocycles. The van der Waals surface area contributed by atoms with Crippen LogP contribution >= 0.6 is 0 Å². The second-order valence-electron chi connectivity index (χ2n) is 6.09. The van der Waals surface area contributed by atoms with Crippen LogP contribution in [-0.4, -0.2) is 6.04 Å². The summed E-state index contributed by atoms with van der Waals surface area (Å²) in [5.41, 5.74) is 9.68. The predicted octanol–water partition coefficient (Wildman–Crippen LogP) is 3.62. The fraction of sp³-hybridized carbons (Fsp3) is 0.368. The minimum absolute atomic E-state index is 0.312. The van der Waals surface area contributed by atoms with Gasteiger partial charge >= 0.3 is 0 Å². The van der Waals surface area contributed by atoms with Crippen molar-refractivity contribution in [2.45, 2.75) is 46.1 Å². The molecule has 0 amide bonds. The fourth-order valence-electron chi connectivity index (χ4n) is 2.92. The van der Waals surface area contributed by atoms with Gasteiger partial charge in [0.2, 0.25) is 0 Å². The van der Waals surface area contributed by atoms with E-state index in [1.165, 1.54) is 27.8 Å². The molecule has 21 heavy (non-hydrogen) atoms. The zero-order valence-electron chi connectivity index (χ0n) is 13.3. The molecule has 0 aliphatic heterocycles. The Hall–Kier alpha value is -1.64. The molecule has 0 fully saturated rings. The summed E-state index contributed by atoms with van der Waals surface area (Å²) in [6.45, 7) is 6.43. The first-order chi connectivity index (χ1) is 10.1. The standard InChI is InChI=1S/C19H26N2/c1-14-5-4-6-17(10-14)7-8-19(21-20)13-18-11-15(2)9-16(3)12-18/h4-6,9-12,19,21H,7-8,13,20H2,1-3H3. The zero-order chi connectivity index (χ0) is 15.2. The highest BCUT2D eigenvalue weighted by Gasteiger charge is 2.09. The van der Waals surface area contributed by atoms with E-state index in [0.717, 1.165) is 19.3 Å². The van der Waals surface area contributed by atoms with E-state index in [1.807, 2.05) is 0 Å². The van der Waals surface area contributed by atoms with Gasteiger partial charge in [-0.05, 0) is 51.2 Å². The fourth-order valence-corrected chi connectivity index (χ4v) is 2.92. The maximum Gasteiger partial charge on any atom is 0.0254 e. The van der Waals surface area contributed by atoms with Gasteiger partial charge in [-0.15, -0.1) is 0 Å². The van der Waals surface area contributed by atoms with Crippen LogP contribution in [0.15, 0.2) is 42.5 Å². The Kier molecular flexibility index (Phi) is 5.54. The lowest BCUT2D eigenvalue weighted by Gasteiger charge is -2.17. The third-order valence-electron chi connectivity index (χ3n) is 3.86. The first-order valence-electron chi connectivity index (χ1n) is 7.65. The Bertz CT molecular complexity index is 570. The molecule has 0 aromatic heterocycles. The number of benzene rings is 2. The zero-order valence-corrected chi connectivity index (χ0v) is 13.3. The van der Waals surface area contributed by atoms with Crippen LogP contribution in [0, 0.1) is 20.8 Å². The maximum absolute atomic E-state index is 5.74. The molecule has 2 nitrogen and oxygen atoms in total. The van der Waals surface area contributed by atoms with E-state index in [0.29, 0.717) is 6.04 Å². The lowest BCUT2D eigenvalue weighted by atomic mass is 9.97. The van der Waals surface area contributed by atoms with E-state index in [9.17, 15) is 0 Å². The van der Waals surface area contributed by atoms with E-state index in [1.54, 1.807) is 0 Å². The van der Waals surface area contributed by atoms with Gasteiger partial charge in [0.05, 0.1) is 0 Å². The summed E-state index contributed by atoms with van der Waals surface area (Å²) in [6, 6.07) is 15.7. The lowest BCUT2D eigenvalue weighted by molar-refractivity contribution is 0.491. The summed E-state index contributed by atoms with van der Waals surface area (Å²) in [4.78, 5) is 0. The summed E-state index contributed by atoms with van der Waals surface area (Å²) in [5, 5.41) is 0. The van der Waals surface area contributed by atoms with E-state index >= 15 is 0 Å². The van der Waals surface area contributed by atoms with Crippen LogP contribution in [0.5, 0.6) is 0 Å². The van der Waals surface area contributed by atoms with Gasteiger partial charge in [-0.3, -0.25) is 11.3 Å². The van der Waals surface area contributed by atoms with E-state index in [-0.39, 0.29) is 0 Å². The molecular formula is C19H26N2. The molecule has 1 unspecified atom stereocenters. The molecule has 0 bridgehead atoms. The van der Waals surface area contributed by atoms with Crippen molar-refractivity contribution in [1.82, 2.24) is 5.43 Å². The van der Waals surface area contributed by atoms with Crippen LogP contribution in [0.2, 0.25) is 0 Å². The van der Waals surface area contributed by atoms with Gasteiger partial charge in [0.25, 0.3) is 0 Å². The third-order valence-corrected chi connectivity index (χ3v) is 3.86. The van der Waals surface area contributed by atoms with Gasteiger partial charge in [0, 0.05) is 6.04 Å². The van der Waals surface area contributed by atoms with E-state index in [2.05, 4.69) is 68.7 Å². The molecule has 0 spiro atoms. The van der Waals surface area contributed by atoms with E-state index < -0.39 is 0 Å². The summed E-state index contributed by atoms with van der Waals surface area (Å²) in [7, 11) is 0. The van der Waals surface area contributed by atoms with Crippen LogP contribution in [0.4, 0.5) is 0 Å². The van der Waals surface area contributed by atoms with E-state index in [4.69, 9.17) is 5.84 Å². The average Bonchev–Trinajstić information content (AvgIpc) is 2.42. The molecule has 0 radical (unpaired) electrons. The molecule has 0 aliphatic carbocycles. The van der Waals surface area contributed by atoms with Gasteiger partial charge < -0.3 is 0 Å². The molecule has 2 aromatic carbocycles. The van der Waals surface area contributed by atoms with Crippen LogP contribution in [-0.2, 0) is 12.8 Å². The minimum Gasteiger partial charge on any atom is -0.271 e. The highest BCUT2D eigenvalue weighted by atomic mass is 15.2. The molecule has 2 rings (SSSR count). The second-order valence-corrected chi connectivity index (χ2v) is 6.09. The first kappa shape index (κ1) is 15.7. The number of hydrogen-bond donors (Lipinski definition) is 2. The highest BCUT2D eigenvalue weighted by Crippen LogP contribution is 2.14. The Morgan fingerprint density at radius 2 is 1.57 bits per heavy atom. The van der Waals surface area contributed by atoms with Crippen molar-refractivity contribution < 1.29 is 0 Å². The molecule has 0 aliphatic rings. The molecule has 112 valence electrons. The Labute approximate surface area is 128 Å². The Morgan fingerprint density at radius 3 is 2.19 bits per heavy atom. The minimum atomic E-state index is 0.312. The second kappa shape index (κ2) is 7.39. The molecule has 0 saturated heterocycles. The van der Waals surface area contributed by atoms with Crippen molar-refractivity contribution in [2.75, 3.05) is 0 Å². The maximum atomic E-state index is 5.74. The number of hydrogen-bond acceptors (Lipinski definition) is 2. The SMILES string of the molecule is Cc1cccc(CCC(Cc2cc(C)cc(C)c2)NN)c1. The summed E-state index contributed by atoms with van der Waals surface area (Å²) < 4.78 is 0. The molecule has 3 N–H and O–H groups in total. The third kappa shape index (κ3) is 5.00.